The summed E-state index contributed by atoms with van der Waals surface area (Å²) in [6, 6.07) is 0. The van der Waals surface area contributed by atoms with E-state index in [4.69, 9.17) is 14.5 Å². The number of phosphoric acid groups is 1. The summed E-state index contributed by atoms with van der Waals surface area (Å²) in [6.07, 6.45) is 2.31. The third kappa shape index (κ3) is 11.4. The molecule has 0 atom stereocenters. The van der Waals surface area contributed by atoms with Crippen molar-refractivity contribution < 1.29 is 28.4 Å². The normalized spacial score (nSPS) is 11.0. The molecule has 0 aliphatic carbocycles. The van der Waals surface area contributed by atoms with Crippen LogP contribution in [0.1, 0.15) is 26.7 Å². The van der Waals surface area contributed by atoms with Crippen molar-refractivity contribution in [2.24, 2.45) is 0 Å². The molecule has 94 valence electrons. The quantitative estimate of drug-likeness (QED) is 0.308. The van der Waals surface area contributed by atoms with Crippen LogP contribution in [0.15, 0.2) is 11.6 Å². The van der Waals surface area contributed by atoms with Gasteiger partial charge in [0.15, 0.2) is 0 Å². The average Bonchev–Trinajstić information content (AvgIpc) is 2.07. The van der Waals surface area contributed by atoms with E-state index in [1.54, 1.807) is 13.8 Å². The molecule has 0 aromatic rings. The van der Waals surface area contributed by atoms with Crippen LogP contribution in [0.5, 0.6) is 0 Å². The first-order valence-electron chi connectivity index (χ1n) is 4.83. The van der Waals surface area contributed by atoms with Crippen LogP contribution in [-0.4, -0.2) is 29.0 Å². The van der Waals surface area contributed by atoms with Gasteiger partial charge in [-0.15, -0.1) is 0 Å². The number of carbonyl (C=O) groups is 1. The van der Waals surface area contributed by atoms with Gasteiger partial charge in [-0.25, -0.2) is 9.36 Å². The fraction of sp³-hybridized carbons (Fsp3) is 0.667. The maximum absolute atomic E-state index is 11.0. The van der Waals surface area contributed by atoms with Crippen LogP contribution in [0.2, 0.25) is 0 Å². The van der Waals surface area contributed by atoms with Gasteiger partial charge < -0.3 is 14.5 Å². The highest BCUT2D eigenvalue weighted by atomic mass is 31.2. The number of ether oxygens (including phenoxy) is 1. The molecule has 0 saturated heterocycles. The summed E-state index contributed by atoms with van der Waals surface area (Å²) in [7, 11) is -4.37. The molecule has 7 heteroatoms. The smallest absolute Gasteiger partial charge is 0.463 e. The van der Waals surface area contributed by atoms with Crippen molar-refractivity contribution in [2.75, 3.05) is 13.2 Å². The summed E-state index contributed by atoms with van der Waals surface area (Å²) in [5.74, 6) is -0.407. The van der Waals surface area contributed by atoms with Crippen molar-refractivity contribution in [3.63, 3.8) is 0 Å². The fourth-order valence-electron chi connectivity index (χ4n) is 0.838. The number of carbonyl (C=O) groups excluding carboxylic acids is 1. The molecule has 0 aromatic carbocycles. The molecule has 0 heterocycles. The molecule has 0 aliphatic rings. The van der Waals surface area contributed by atoms with E-state index in [0.29, 0.717) is 12.8 Å². The standard InChI is InChI=1S/C9H17O6P/c1-8(2)7-9(10)14-5-3-4-6-15-16(11,12)13/h7H,3-6H2,1-2H3,(H2,11,12,13). The zero-order valence-corrected chi connectivity index (χ0v) is 10.3. The summed E-state index contributed by atoms with van der Waals surface area (Å²) >= 11 is 0. The lowest BCUT2D eigenvalue weighted by molar-refractivity contribution is -0.138. The molecule has 0 amide bonds. The van der Waals surface area contributed by atoms with Crippen LogP contribution in [0.4, 0.5) is 0 Å². The van der Waals surface area contributed by atoms with Gasteiger partial charge in [-0.2, -0.15) is 0 Å². The Balaban J connectivity index is 3.45. The monoisotopic (exact) mass is 252 g/mol. The maximum Gasteiger partial charge on any atom is 0.469 e. The van der Waals surface area contributed by atoms with Crippen LogP contribution < -0.4 is 0 Å². The lowest BCUT2D eigenvalue weighted by Crippen LogP contribution is -2.04. The minimum Gasteiger partial charge on any atom is -0.463 e. The van der Waals surface area contributed by atoms with Gasteiger partial charge in [0, 0.05) is 6.08 Å². The topological polar surface area (TPSA) is 93.1 Å². The molecule has 0 spiro atoms. The van der Waals surface area contributed by atoms with Gasteiger partial charge in [0.2, 0.25) is 0 Å². The van der Waals surface area contributed by atoms with Crippen LogP contribution in [-0.2, 0) is 18.6 Å². The Morgan fingerprint density at radius 2 is 1.81 bits per heavy atom. The molecule has 0 unspecified atom stereocenters. The third-order valence-electron chi connectivity index (χ3n) is 1.45. The van der Waals surface area contributed by atoms with Gasteiger partial charge in [0.05, 0.1) is 13.2 Å². The van der Waals surface area contributed by atoms with Crippen molar-refractivity contribution in [3.05, 3.63) is 11.6 Å². The van der Waals surface area contributed by atoms with Crippen molar-refractivity contribution >= 4 is 13.8 Å². The highest BCUT2D eigenvalue weighted by Crippen LogP contribution is 2.35. The van der Waals surface area contributed by atoms with E-state index in [-0.39, 0.29) is 13.2 Å². The summed E-state index contributed by atoms with van der Waals surface area (Å²) in [4.78, 5) is 27.7. The predicted octanol–water partition coefficient (Wildman–Crippen LogP) is 1.39. The van der Waals surface area contributed by atoms with Gasteiger partial charge >= 0.3 is 13.8 Å². The Kier molecular flexibility index (Phi) is 7.25. The molecule has 0 saturated carbocycles. The maximum atomic E-state index is 11.0. The lowest BCUT2D eigenvalue weighted by atomic mass is 10.3. The second kappa shape index (κ2) is 7.57. The first-order chi connectivity index (χ1) is 7.31. The Bertz CT molecular complexity index is 288. The van der Waals surface area contributed by atoms with Crippen LogP contribution in [0.3, 0.4) is 0 Å². The Labute approximate surface area is 94.5 Å². The van der Waals surface area contributed by atoms with E-state index in [2.05, 4.69) is 4.52 Å². The van der Waals surface area contributed by atoms with Crippen LogP contribution in [0, 0.1) is 0 Å². The SMILES string of the molecule is CC(C)=CC(=O)OCCCCOP(=O)(O)O. The lowest BCUT2D eigenvalue weighted by Gasteiger charge is -2.05. The number of phosphoric ester groups is 1. The van der Waals surface area contributed by atoms with E-state index in [1.165, 1.54) is 6.08 Å². The number of hydrogen-bond donors (Lipinski definition) is 2. The molecule has 0 aromatic heterocycles. The Morgan fingerprint density at radius 1 is 1.25 bits per heavy atom. The second-order valence-electron chi connectivity index (χ2n) is 3.42. The predicted molar refractivity (Wildman–Crippen MR) is 57.6 cm³/mol. The zero-order valence-electron chi connectivity index (χ0n) is 9.38. The van der Waals surface area contributed by atoms with E-state index >= 15 is 0 Å². The van der Waals surface area contributed by atoms with Gasteiger partial charge in [0.25, 0.3) is 0 Å². The summed E-state index contributed by atoms with van der Waals surface area (Å²) < 4.78 is 19.3. The second-order valence-corrected chi connectivity index (χ2v) is 4.66. The number of esters is 1. The minimum atomic E-state index is -4.37. The molecule has 0 fully saturated rings. The number of allylic oxidation sites excluding steroid dienone is 1. The van der Waals surface area contributed by atoms with E-state index in [1.807, 2.05) is 0 Å². The summed E-state index contributed by atoms with van der Waals surface area (Å²) in [5, 5.41) is 0. The fourth-order valence-corrected chi connectivity index (χ4v) is 1.20. The van der Waals surface area contributed by atoms with Gasteiger partial charge in [-0.1, -0.05) is 5.57 Å². The van der Waals surface area contributed by atoms with Crippen molar-refractivity contribution in [3.8, 4) is 0 Å². The molecule has 0 rings (SSSR count). The molecular weight excluding hydrogens is 235 g/mol. The number of rotatable bonds is 7. The van der Waals surface area contributed by atoms with Gasteiger partial charge in [-0.05, 0) is 26.7 Å². The van der Waals surface area contributed by atoms with Crippen molar-refractivity contribution in [1.29, 1.82) is 0 Å². The zero-order chi connectivity index (χ0) is 12.6. The molecule has 0 aliphatic heterocycles. The minimum absolute atomic E-state index is 0.0511. The highest BCUT2D eigenvalue weighted by molar-refractivity contribution is 7.46. The number of unbranched alkanes of at least 4 members (excludes halogenated alkanes) is 1. The highest BCUT2D eigenvalue weighted by Gasteiger charge is 2.12. The van der Waals surface area contributed by atoms with Crippen molar-refractivity contribution in [2.45, 2.75) is 26.7 Å². The number of hydrogen-bond acceptors (Lipinski definition) is 4. The first-order valence-corrected chi connectivity index (χ1v) is 6.36. The molecule has 2 N–H and O–H groups in total. The average molecular weight is 252 g/mol. The van der Waals surface area contributed by atoms with E-state index < -0.39 is 13.8 Å². The molecule has 0 radical (unpaired) electrons. The molecule has 6 nitrogen and oxygen atoms in total. The summed E-state index contributed by atoms with van der Waals surface area (Å²) in [5.41, 5.74) is 0.856. The van der Waals surface area contributed by atoms with Gasteiger partial charge in [-0.3, -0.25) is 4.52 Å². The molecule has 0 bridgehead atoms. The first kappa shape index (κ1) is 15.3. The van der Waals surface area contributed by atoms with Gasteiger partial charge in [0.1, 0.15) is 0 Å². The van der Waals surface area contributed by atoms with Crippen LogP contribution in [0.25, 0.3) is 0 Å². The van der Waals surface area contributed by atoms with Crippen molar-refractivity contribution in [1.82, 2.24) is 0 Å². The largest absolute Gasteiger partial charge is 0.469 e. The van der Waals surface area contributed by atoms with E-state index in [9.17, 15) is 9.36 Å². The summed E-state index contributed by atoms with van der Waals surface area (Å²) in [6.45, 7) is 3.74. The molecule has 16 heavy (non-hydrogen) atoms. The Morgan fingerprint density at radius 3 is 2.31 bits per heavy atom. The van der Waals surface area contributed by atoms with E-state index in [0.717, 1.165) is 5.57 Å². The third-order valence-corrected chi connectivity index (χ3v) is 1.97. The molecular formula is C9H17O6P. The Hall–Kier alpha value is -0.680. The van der Waals surface area contributed by atoms with Crippen LogP contribution >= 0.6 is 7.82 Å².